The summed E-state index contributed by atoms with van der Waals surface area (Å²) in [4.78, 5) is 14.4. The summed E-state index contributed by atoms with van der Waals surface area (Å²) in [6, 6.07) is 4.23. The van der Waals surface area contributed by atoms with Crippen molar-refractivity contribution in [3.8, 4) is 5.75 Å². The lowest BCUT2D eigenvalue weighted by Gasteiger charge is -2.08. The van der Waals surface area contributed by atoms with Crippen LogP contribution in [0, 0.1) is 5.82 Å². The number of hydrogen-bond acceptors (Lipinski definition) is 4. The fourth-order valence-corrected chi connectivity index (χ4v) is 1.71. The monoisotopic (exact) mass is 291 g/mol. The van der Waals surface area contributed by atoms with Gasteiger partial charge in [0, 0.05) is 12.6 Å². The second-order valence-corrected chi connectivity index (χ2v) is 4.14. The third-order valence-electron chi connectivity index (χ3n) is 2.73. The van der Waals surface area contributed by atoms with Crippen molar-refractivity contribution in [3.05, 3.63) is 47.8 Å². The summed E-state index contributed by atoms with van der Waals surface area (Å²) in [5, 5.41) is 12.5. The van der Waals surface area contributed by atoms with E-state index in [1.54, 1.807) is 10.7 Å². The van der Waals surface area contributed by atoms with Crippen molar-refractivity contribution >= 4 is 12.0 Å². The zero-order valence-corrected chi connectivity index (χ0v) is 11.4. The van der Waals surface area contributed by atoms with Gasteiger partial charge in [-0.3, -0.25) is 0 Å². The van der Waals surface area contributed by atoms with Crippen molar-refractivity contribution in [1.29, 1.82) is 0 Å². The minimum Gasteiger partial charge on any atom is -0.483 e. The van der Waals surface area contributed by atoms with Crippen molar-refractivity contribution in [2.75, 3.05) is 0 Å². The number of benzene rings is 1. The number of aliphatic carboxylic acids is 1. The molecule has 0 bridgehead atoms. The number of hydrogen-bond donors (Lipinski definition) is 1. The Morgan fingerprint density at radius 3 is 3.00 bits per heavy atom. The number of carboxylic acid groups (broad SMARTS) is 1. The van der Waals surface area contributed by atoms with Crippen LogP contribution in [0.25, 0.3) is 6.08 Å². The lowest BCUT2D eigenvalue weighted by Crippen LogP contribution is -2.07. The van der Waals surface area contributed by atoms with E-state index >= 15 is 0 Å². The molecule has 0 aliphatic heterocycles. The van der Waals surface area contributed by atoms with Crippen LogP contribution in [0.4, 0.5) is 4.39 Å². The van der Waals surface area contributed by atoms with Crippen molar-refractivity contribution in [1.82, 2.24) is 14.8 Å². The van der Waals surface area contributed by atoms with E-state index in [0.29, 0.717) is 17.9 Å². The number of ether oxygens (including phenoxy) is 1. The van der Waals surface area contributed by atoms with Gasteiger partial charge in [-0.2, -0.15) is 5.10 Å². The van der Waals surface area contributed by atoms with E-state index in [9.17, 15) is 9.18 Å². The largest absolute Gasteiger partial charge is 0.483 e. The zero-order chi connectivity index (χ0) is 15.2. The summed E-state index contributed by atoms with van der Waals surface area (Å²) in [6.45, 7) is 2.68. The molecule has 0 unspecified atom stereocenters. The van der Waals surface area contributed by atoms with Crippen molar-refractivity contribution in [2.45, 2.75) is 20.1 Å². The number of aryl methyl sites for hydroxylation is 1. The molecule has 21 heavy (non-hydrogen) atoms. The lowest BCUT2D eigenvalue weighted by atomic mass is 10.2. The van der Waals surface area contributed by atoms with E-state index in [1.165, 1.54) is 24.5 Å². The van der Waals surface area contributed by atoms with Gasteiger partial charge >= 0.3 is 5.97 Å². The van der Waals surface area contributed by atoms with Gasteiger partial charge < -0.3 is 9.84 Å². The molecule has 110 valence electrons. The number of carboxylic acids is 1. The quantitative estimate of drug-likeness (QED) is 0.825. The molecule has 0 atom stereocenters. The molecule has 7 heteroatoms. The Labute approximate surface area is 120 Å². The number of carbonyl (C=O) groups is 1. The zero-order valence-electron chi connectivity index (χ0n) is 11.4. The summed E-state index contributed by atoms with van der Waals surface area (Å²) >= 11 is 0. The highest BCUT2D eigenvalue weighted by Gasteiger charge is 2.07. The molecule has 1 N–H and O–H groups in total. The van der Waals surface area contributed by atoms with E-state index in [4.69, 9.17) is 9.84 Å². The SMILES string of the molecule is CCn1ncnc1COc1ccc(/C=C/C(=O)O)cc1F. The van der Waals surface area contributed by atoms with Crippen LogP contribution < -0.4 is 4.74 Å². The Kier molecular flexibility index (Phi) is 4.65. The molecule has 0 radical (unpaired) electrons. The predicted molar refractivity (Wildman–Crippen MR) is 73.1 cm³/mol. The Balaban J connectivity index is 2.06. The van der Waals surface area contributed by atoms with Gasteiger partial charge in [-0.1, -0.05) is 6.07 Å². The smallest absolute Gasteiger partial charge is 0.328 e. The first kappa shape index (κ1) is 14.7. The van der Waals surface area contributed by atoms with E-state index < -0.39 is 11.8 Å². The standard InChI is InChI=1S/C14H14FN3O3/c1-2-18-13(16-9-17-18)8-21-12-5-3-10(7-11(12)15)4-6-14(19)20/h3-7,9H,2,8H2,1H3,(H,19,20)/b6-4+. The number of aromatic nitrogens is 3. The Morgan fingerprint density at radius 2 is 2.33 bits per heavy atom. The highest BCUT2D eigenvalue weighted by atomic mass is 19.1. The van der Waals surface area contributed by atoms with Gasteiger partial charge in [0.05, 0.1) is 0 Å². The van der Waals surface area contributed by atoms with Crippen molar-refractivity contribution in [2.24, 2.45) is 0 Å². The van der Waals surface area contributed by atoms with Crippen LogP contribution in [0.3, 0.4) is 0 Å². The van der Waals surface area contributed by atoms with Crippen LogP contribution in [-0.2, 0) is 17.9 Å². The first-order valence-electron chi connectivity index (χ1n) is 6.30. The molecule has 1 heterocycles. The van der Waals surface area contributed by atoms with Crippen molar-refractivity contribution < 1.29 is 19.0 Å². The van der Waals surface area contributed by atoms with E-state index in [1.807, 2.05) is 6.92 Å². The lowest BCUT2D eigenvalue weighted by molar-refractivity contribution is -0.131. The second-order valence-electron chi connectivity index (χ2n) is 4.14. The summed E-state index contributed by atoms with van der Waals surface area (Å²) in [5.74, 6) is -0.973. The summed E-state index contributed by atoms with van der Waals surface area (Å²) < 4.78 is 20.9. The van der Waals surface area contributed by atoms with Crippen LogP contribution in [0.15, 0.2) is 30.6 Å². The molecular formula is C14H14FN3O3. The summed E-state index contributed by atoms with van der Waals surface area (Å²) in [6.07, 6.45) is 3.67. The van der Waals surface area contributed by atoms with Crippen LogP contribution in [-0.4, -0.2) is 25.8 Å². The van der Waals surface area contributed by atoms with Gasteiger partial charge in [0.1, 0.15) is 12.9 Å². The number of rotatable bonds is 6. The van der Waals surface area contributed by atoms with Gasteiger partial charge in [-0.05, 0) is 30.7 Å². The Morgan fingerprint density at radius 1 is 1.52 bits per heavy atom. The Hall–Kier alpha value is -2.70. The number of halogens is 1. The molecule has 0 aliphatic rings. The first-order valence-corrected chi connectivity index (χ1v) is 6.30. The first-order chi connectivity index (χ1) is 10.1. The molecule has 0 saturated heterocycles. The fourth-order valence-electron chi connectivity index (χ4n) is 1.71. The normalized spacial score (nSPS) is 11.0. The van der Waals surface area contributed by atoms with Crippen molar-refractivity contribution in [3.63, 3.8) is 0 Å². The molecule has 1 aromatic carbocycles. The van der Waals surface area contributed by atoms with Crippen LogP contribution in [0.2, 0.25) is 0 Å². The fraction of sp³-hybridized carbons (Fsp3) is 0.214. The van der Waals surface area contributed by atoms with Crippen LogP contribution >= 0.6 is 0 Å². The molecular weight excluding hydrogens is 277 g/mol. The molecule has 0 saturated carbocycles. The van der Waals surface area contributed by atoms with Gasteiger partial charge in [-0.15, -0.1) is 0 Å². The third kappa shape index (κ3) is 3.88. The molecule has 0 spiro atoms. The topological polar surface area (TPSA) is 77.2 Å². The molecule has 2 aromatic rings. The molecule has 2 rings (SSSR count). The van der Waals surface area contributed by atoms with E-state index in [-0.39, 0.29) is 12.4 Å². The third-order valence-corrected chi connectivity index (χ3v) is 2.73. The molecule has 1 aromatic heterocycles. The maximum atomic E-state index is 13.8. The highest BCUT2D eigenvalue weighted by molar-refractivity contribution is 5.85. The Bertz CT molecular complexity index is 667. The van der Waals surface area contributed by atoms with E-state index in [2.05, 4.69) is 10.1 Å². The average molecular weight is 291 g/mol. The number of nitrogens with zero attached hydrogens (tertiary/aromatic N) is 3. The van der Waals surface area contributed by atoms with Gasteiger partial charge in [0.25, 0.3) is 0 Å². The second kappa shape index (κ2) is 6.65. The molecule has 0 aliphatic carbocycles. The minimum atomic E-state index is -1.09. The molecule has 0 amide bonds. The van der Waals surface area contributed by atoms with Gasteiger partial charge in [0.2, 0.25) is 0 Å². The maximum Gasteiger partial charge on any atom is 0.328 e. The molecule has 0 fully saturated rings. The molecule has 6 nitrogen and oxygen atoms in total. The summed E-state index contributed by atoms with van der Waals surface area (Å²) in [5.41, 5.74) is 0.443. The van der Waals surface area contributed by atoms with E-state index in [0.717, 1.165) is 6.08 Å². The van der Waals surface area contributed by atoms with Crippen LogP contribution in [0.5, 0.6) is 5.75 Å². The van der Waals surface area contributed by atoms with Crippen LogP contribution in [0.1, 0.15) is 18.3 Å². The van der Waals surface area contributed by atoms with Gasteiger partial charge in [0.15, 0.2) is 17.4 Å². The average Bonchev–Trinajstić information content (AvgIpc) is 2.91. The highest BCUT2D eigenvalue weighted by Crippen LogP contribution is 2.20. The minimum absolute atomic E-state index is 0.0770. The van der Waals surface area contributed by atoms with Gasteiger partial charge in [-0.25, -0.2) is 18.9 Å². The summed E-state index contributed by atoms with van der Waals surface area (Å²) in [7, 11) is 0. The maximum absolute atomic E-state index is 13.8. The predicted octanol–water partition coefficient (Wildman–Crippen LogP) is 2.11.